The molecular formula is C33H24IrN3. The number of nitrogens with zero attached hydrogens (tertiary/aromatic N) is 3. The summed E-state index contributed by atoms with van der Waals surface area (Å²) < 4.78 is 22.9. The maximum absolute atomic E-state index is 7.64. The molecular weight excluding hydrogens is 631 g/mol. The smallest absolute Gasteiger partial charge is 0.305 e. The molecule has 0 atom stereocenters. The van der Waals surface area contributed by atoms with Gasteiger partial charge in [0.15, 0.2) is 0 Å². The van der Waals surface area contributed by atoms with Crippen LogP contribution in [0.3, 0.4) is 0 Å². The van der Waals surface area contributed by atoms with Crippen LogP contribution >= 0.6 is 0 Å². The van der Waals surface area contributed by atoms with Crippen molar-refractivity contribution < 1.29 is 24.2 Å². The molecule has 180 valence electrons. The van der Waals surface area contributed by atoms with Crippen LogP contribution in [0.2, 0.25) is 0 Å². The zero-order valence-electron chi connectivity index (χ0n) is 22.8. The van der Waals surface area contributed by atoms with Gasteiger partial charge < -0.3 is 15.0 Å². The van der Waals surface area contributed by atoms with Crippen molar-refractivity contribution in [2.24, 2.45) is 0 Å². The second kappa shape index (κ2) is 15.7. The monoisotopic (exact) mass is 658 g/mol. The molecule has 0 aliphatic heterocycles. The molecule has 0 radical (unpaired) electrons. The van der Waals surface area contributed by atoms with E-state index in [1.807, 2.05) is 54.6 Å². The Morgan fingerprint density at radius 3 is 1.00 bits per heavy atom. The zero-order valence-corrected chi connectivity index (χ0v) is 22.2. The molecule has 0 fully saturated rings. The van der Waals surface area contributed by atoms with E-state index < -0.39 is 0 Å². The van der Waals surface area contributed by atoms with Gasteiger partial charge >= 0.3 is 20.1 Å². The van der Waals surface area contributed by atoms with Crippen LogP contribution in [-0.4, -0.2) is 15.0 Å². The van der Waals surface area contributed by atoms with Crippen LogP contribution in [-0.2, 0) is 20.1 Å². The van der Waals surface area contributed by atoms with Crippen LogP contribution in [0.4, 0.5) is 0 Å². The summed E-state index contributed by atoms with van der Waals surface area (Å²) in [7, 11) is 0. The minimum absolute atomic E-state index is 0. The van der Waals surface area contributed by atoms with Gasteiger partial charge in [0.05, 0.1) is 0 Å². The molecule has 3 aromatic heterocycles. The van der Waals surface area contributed by atoms with E-state index >= 15 is 0 Å². The fourth-order valence-electron chi connectivity index (χ4n) is 3.03. The molecule has 6 aromatic rings. The zero-order chi connectivity index (χ0) is 27.3. The Morgan fingerprint density at radius 1 is 0.432 bits per heavy atom. The Kier molecular flexibility index (Phi) is 9.83. The van der Waals surface area contributed by atoms with E-state index in [9.17, 15) is 0 Å². The standard InChI is InChI=1S/3C11H8N.Ir/c3*1-2-6-10(7-3-1)11-8-4-5-9-12-11;/h3*1-6,8-9H;/q3*-1;+3/i3*6D;. The van der Waals surface area contributed by atoms with Crippen molar-refractivity contribution in [3.8, 4) is 33.8 Å². The second-order valence-corrected chi connectivity index (χ2v) is 7.21. The summed E-state index contributed by atoms with van der Waals surface area (Å²) in [6.45, 7) is 0. The first-order chi connectivity index (χ1) is 19.1. The third kappa shape index (κ3) is 9.05. The minimum atomic E-state index is 0. The molecule has 6 rings (SSSR count). The van der Waals surface area contributed by atoms with Gasteiger partial charge in [0.1, 0.15) is 0 Å². The number of hydrogen-bond donors (Lipinski definition) is 0. The molecule has 0 bridgehead atoms. The van der Waals surface area contributed by atoms with Crippen LogP contribution in [0.15, 0.2) is 146 Å². The summed E-state index contributed by atoms with van der Waals surface area (Å²) in [6.07, 6.45) is 5.15. The fraction of sp³-hybridized carbons (Fsp3) is 0. The molecule has 0 amide bonds. The van der Waals surface area contributed by atoms with Crippen molar-refractivity contribution in [3.05, 3.63) is 164 Å². The summed E-state index contributed by atoms with van der Waals surface area (Å²) in [4.78, 5) is 12.5. The van der Waals surface area contributed by atoms with Gasteiger partial charge in [-0.3, -0.25) is 0 Å². The number of hydrogen-bond acceptors (Lipinski definition) is 3. The quantitative estimate of drug-likeness (QED) is 0.184. The topological polar surface area (TPSA) is 38.7 Å². The van der Waals surface area contributed by atoms with Gasteiger partial charge in [-0.2, -0.15) is 0 Å². The van der Waals surface area contributed by atoms with Gasteiger partial charge in [-0.05, 0) is 39.4 Å². The SMILES string of the molecule is [2H]c1ccc[c-]c1-c1ccccn1.[2H]c1ccc[c-]c1-c1ccccn1.[2H]c1ccc[c-]c1-c1ccccn1.[Ir+3]. The average Bonchev–Trinajstić information content (AvgIpc) is 3.00. The largest absolute Gasteiger partial charge is 3.00 e. The maximum atomic E-state index is 7.64. The van der Waals surface area contributed by atoms with E-state index in [1.165, 1.54) is 0 Å². The molecule has 3 nitrogen and oxygen atoms in total. The molecule has 0 saturated heterocycles. The molecule has 4 heteroatoms. The van der Waals surface area contributed by atoms with Crippen molar-refractivity contribution in [2.45, 2.75) is 0 Å². The molecule has 0 unspecified atom stereocenters. The van der Waals surface area contributed by atoms with Gasteiger partial charge in [-0.15, -0.1) is 108 Å². The van der Waals surface area contributed by atoms with Crippen LogP contribution in [0.1, 0.15) is 4.11 Å². The first kappa shape index (κ1) is 23.2. The number of pyridine rings is 3. The first-order valence-corrected chi connectivity index (χ1v) is 11.3. The normalized spacial score (nSPS) is 10.5. The summed E-state index contributed by atoms with van der Waals surface area (Å²) in [5, 5.41) is 0. The third-order valence-corrected chi connectivity index (χ3v) is 4.71. The molecule has 0 saturated carbocycles. The summed E-state index contributed by atoms with van der Waals surface area (Å²) >= 11 is 0. The number of rotatable bonds is 3. The molecule has 37 heavy (non-hydrogen) atoms. The molecule has 3 aromatic carbocycles. The predicted octanol–water partition coefficient (Wildman–Crippen LogP) is 7.64. The number of aromatic nitrogens is 3. The van der Waals surface area contributed by atoms with E-state index in [1.54, 1.807) is 73.2 Å². The van der Waals surface area contributed by atoms with E-state index in [0.717, 1.165) is 33.8 Å². The van der Waals surface area contributed by atoms with Gasteiger partial charge in [-0.1, -0.05) is 36.4 Å². The van der Waals surface area contributed by atoms with E-state index in [4.69, 9.17) is 4.11 Å². The van der Waals surface area contributed by atoms with Gasteiger partial charge in [0.2, 0.25) is 0 Å². The Balaban J connectivity index is 0.000000163. The summed E-state index contributed by atoms with van der Waals surface area (Å²) in [5.74, 6) is 0. The van der Waals surface area contributed by atoms with Gasteiger partial charge in [-0.25, -0.2) is 0 Å². The van der Waals surface area contributed by atoms with Crippen molar-refractivity contribution in [2.75, 3.05) is 0 Å². The maximum Gasteiger partial charge on any atom is 3.00 e. The van der Waals surface area contributed by atoms with E-state index in [2.05, 4.69) is 33.2 Å². The van der Waals surface area contributed by atoms with Crippen molar-refractivity contribution in [3.63, 3.8) is 0 Å². The van der Waals surface area contributed by atoms with Gasteiger partial charge in [0.25, 0.3) is 0 Å². The Morgan fingerprint density at radius 2 is 0.757 bits per heavy atom. The third-order valence-electron chi connectivity index (χ3n) is 4.71. The molecule has 3 heterocycles. The molecule has 0 N–H and O–H groups in total. The van der Waals surface area contributed by atoms with Crippen molar-refractivity contribution in [1.82, 2.24) is 15.0 Å². The molecule has 0 aliphatic rings. The predicted molar refractivity (Wildman–Crippen MR) is 146 cm³/mol. The number of benzene rings is 3. The van der Waals surface area contributed by atoms with Crippen LogP contribution in [0.5, 0.6) is 0 Å². The molecule has 0 aliphatic carbocycles. The second-order valence-electron chi connectivity index (χ2n) is 7.21. The van der Waals surface area contributed by atoms with Crippen LogP contribution < -0.4 is 0 Å². The van der Waals surface area contributed by atoms with Crippen LogP contribution in [0, 0.1) is 18.2 Å². The summed E-state index contributed by atoms with van der Waals surface area (Å²) in [5.41, 5.74) is 4.66. The Labute approximate surface area is 236 Å². The van der Waals surface area contributed by atoms with Crippen molar-refractivity contribution in [1.29, 1.82) is 0 Å². The Bertz CT molecular complexity index is 1390. The van der Waals surface area contributed by atoms with E-state index in [-0.39, 0.29) is 20.1 Å². The summed E-state index contributed by atoms with van der Waals surface area (Å²) in [6, 6.07) is 43.3. The minimum Gasteiger partial charge on any atom is -0.305 e. The fourth-order valence-corrected chi connectivity index (χ4v) is 3.03. The molecule has 0 spiro atoms. The average molecular weight is 658 g/mol. The van der Waals surface area contributed by atoms with E-state index in [0.29, 0.717) is 18.1 Å². The Hall–Kier alpha value is -4.24. The van der Waals surface area contributed by atoms with Crippen molar-refractivity contribution >= 4 is 0 Å². The van der Waals surface area contributed by atoms with Crippen LogP contribution in [0.25, 0.3) is 33.8 Å². The first-order valence-electron chi connectivity index (χ1n) is 12.8. The van der Waals surface area contributed by atoms with Gasteiger partial charge in [0, 0.05) is 18.6 Å².